The fourth-order valence-electron chi connectivity index (χ4n) is 4.19. The maximum atomic E-state index is 14.7. The molecule has 4 aromatic rings. The van der Waals surface area contributed by atoms with Crippen LogP contribution in [0.1, 0.15) is 47.1 Å². The van der Waals surface area contributed by atoms with Gasteiger partial charge in [-0.15, -0.1) is 0 Å². The van der Waals surface area contributed by atoms with Crippen LogP contribution >= 0.6 is 0 Å². The fraction of sp³-hybridized carbons (Fsp3) is 0.241. The molecule has 0 atom stereocenters. The van der Waals surface area contributed by atoms with Crippen molar-refractivity contribution in [3.8, 4) is 22.5 Å². The van der Waals surface area contributed by atoms with Gasteiger partial charge in [-0.05, 0) is 86.0 Å². The molecule has 39 heavy (non-hydrogen) atoms. The number of nitrogens with one attached hydrogen (secondary N) is 1. The summed E-state index contributed by atoms with van der Waals surface area (Å²) < 4.78 is 64.2. The Labute approximate surface area is 224 Å². The van der Waals surface area contributed by atoms with Crippen molar-refractivity contribution < 1.29 is 35.9 Å². The van der Waals surface area contributed by atoms with Crippen molar-refractivity contribution in [2.24, 2.45) is 0 Å². The molecule has 0 saturated heterocycles. The average molecular weight is 556 g/mol. The highest BCUT2D eigenvalue weighted by molar-refractivity contribution is 7.89. The van der Waals surface area contributed by atoms with Gasteiger partial charge in [0.15, 0.2) is 9.84 Å². The highest BCUT2D eigenvalue weighted by Gasteiger charge is 2.26. The molecule has 0 fully saturated rings. The summed E-state index contributed by atoms with van der Waals surface area (Å²) in [5, 5.41) is 2.92. The molecule has 204 valence electrons. The van der Waals surface area contributed by atoms with Gasteiger partial charge >= 0.3 is 5.97 Å². The van der Waals surface area contributed by atoms with Crippen LogP contribution in [0.25, 0.3) is 33.4 Å². The molecule has 0 spiro atoms. The van der Waals surface area contributed by atoms with Crippen LogP contribution in [0.4, 0.5) is 8.78 Å². The first kappa shape index (κ1) is 28.0. The van der Waals surface area contributed by atoms with Crippen molar-refractivity contribution in [3.63, 3.8) is 0 Å². The first-order valence-corrected chi connectivity index (χ1v) is 14.0. The average Bonchev–Trinajstić information content (AvgIpc) is 3.20. The smallest absolute Gasteiger partial charge is 0.341 e. The van der Waals surface area contributed by atoms with E-state index in [0.29, 0.717) is 27.6 Å². The van der Waals surface area contributed by atoms with Gasteiger partial charge in [0, 0.05) is 24.3 Å². The van der Waals surface area contributed by atoms with Gasteiger partial charge < -0.3 is 14.5 Å². The number of ether oxygens (including phenoxy) is 1. The lowest BCUT2D eigenvalue weighted by Crippen LogP contribution is -2.24. The molecule has 1 aromatic heterocycles. The van der Waals surface area contributed by atoms with E-state index in [-0.39, 0.29) is 28.2 Å². The summed E-state index contributed by atoms with van der Waals surface area (Å²) in [5.41, 5.74) is 0.639. The molecule has 10 heteroatoms. The number of furan rings is 1. The van der Waals surface area contributed by atoms with Crippen LogP contribution in [0.15, 0.2) is 59.0 Å². The van der Waals surface area contributed by atoms with E-state index in [1.54, 1.807) is 26.8 Å². The Morgan fingerprint density at radius 3 is 2.21 bits per heavy atom. The zero-order valence-corrected chi connectivity index (χ0v) is 22.8. The van der Waals surface area contributed by atoms with Gasteiger partial charge in [0.1, 0.15) is 28.6 Å². The third kappa shape index (κ3) is 6.17. The van der Waals surface area contributed by atoms with E-state index < -0.39 is 38.9 Å². The van der Waals surface area contributed by atoms with E-state index in [0.717, 1.165) is 12.3 Å². The van der Waals surface area contributed by atoms with Crippen molar-refractivity contribution in [3.05, 3.63) is 82.9 Å². The van der Waals surface area contributed by atoms with Gasteiger partial charge in [-0.1, -0.05) is 6.07 Å². The molecule has 0 saturated carbocycles. The molecule has 0 aliphatic carbocycles. The normalized spacial score (nSPS) is 12.0. The Bertz CT molecular complexity index is 1700. The Kier molecular flexibility index (Phi) is 7.36. The number of benzene rings is 3. The van der Waals surface area contributed by atoms with Crippen LogP contribution in [0.3, 0.4) is 0 Å². The van der Waals surface area contributed by atoms with Gasteiger partial charge in [0.25, 0.3) is 5.91 Å². The first-order valence-electron chi connectivity index (χ1n) is 12.0. The lowest BCUT2D eigenvalue weighted by molar-refractivity contribution is 0.00646. The van der Waals surface area contributed by atoms with Gasteiger partial charge in [-0.25, -0.2) is 22.0 Å². The summed E-state index contributed by atoms with van der Waals surface area (Å²) in [6.45, 7) is 4.97. The highest BCUT2D eigenvalue weighted by Crippen LogP contribution is 2.39. The van der Waals surface area contributed by atoms with Crippen molar-refractivity contribution in [2.45, 2.75) is 32.1 Å². The minimum Gasteiger partial charge on any atom is -0.456 e. The van der Waals surface area contributed by atoms with Crippen molar-refractivity contribution in [1.82, 2.24) is 5.32 Å². The second kappa shape index (κ2) is 10.3. The van der Waals surface area contributed by atoms with Crippen molar-refractivity contribution in [1.29, 1.82) is 0 Å². The highest BCUT2D eigenvalue weighted by atomic mass is 32.2. The maximum Gasteiger partial charge on any atom is 0.341 e. The number of fused-ring (bicyclic) bond motifs is 1. The number of carbonyl (C=O) groups excluding carboxylic acids is 2. The zero-order chi connectivity index (χ0) is 28.7. The van der Waals surface area contributed by atoms with Crippen LogP contribution in [0.5, 0.6) is 0 Å². The number of sulfone groups is 1. The van der Waals surface area contributed by atoms with Gasteiger partial charge in [0.05, 0.1) is 16.9 Å². The van der Waals surface area contributed by atoms with Crippen LogP contribution in [0, 0.1) is 11.6 Å². The lowest BCUT2D eigenvalue weighted by atomic mass is 9.95. The number of amides is 1. The Balaban J connectivity index is 2.00. The molecule has 4 rings (SSSR count). The van der Waals surface area contributed by atoms with Crippen LogP contribution in [-0.2, 0) is 20.3 Å². The van der Waals surface area contributed by atoms with Gasteiger partial charge in [0.2, 0.25) is 0 Å². The van der Waals surface area contributed by atoms with E-state index >= 15 is 0 Å². The van der Waals surface area contributed by atoms with E-state index in [9.17, 15) is 26.8 Å². The Morgan fingerprint density at radius 2 is 1.62 bits per heavy atom. The van der Waals surface area contributed by atoms with Crippen molar-refractivity contribution >= 4 is 32.7 Å². The molecule has 0 bridgehead atoms. The largest absolute Gasteiger partial charge is 0.456 e. The minimum absolute atomic E-state index is 0.153. The molecule has 1 amide bonds. The summed E-state index contributed by atoms with van der Waals surface area (Å²) in [6.07, 6.45) is 1.07. The molecule has 3 aromatic carbocycles. The number of rotatable bonds is 6. The topological polar surface area (TPSA) is 103 Å². The zero-order valence-electron chi connectivity index (χ0n) is 22.0. The van der Waals surface area contributed by atoms with E-state index in [1.807, 2.05) is 0 Å². The third-order valence-corrected chi connectivity index (χ3v) is 6.62. The molecule has 0 radical (unpaired) electrons. The van der Waals surface area contributed by atoms with E-state index in [1.165, 1.54) is 49.5 Å². The molecule has 1 heterocycles. The van der Waals surface area contributed by atoms with Crippen LogP contribution in [-0.4, -0.2) is 39.2 Å². The third-order valence-electron chi connectivity index (χ3n) is 5.79. The Hall–Kier alpha value is -4.05. The summed E-state index contributed by atoms with van der Waals surface area (Å²) in [5.74, 6) is -2.85. The van der Waals surface area contributed by atoms with Gasteiger partial charge in [-0.3, -0.25) is 4.79 Å². The lowest BCUT2D eigenvalue weighted by Gasteiger charge is -2.20. The SMILES string of the molecule is CNC(=O)c1c(-c2ccc(F)cc2)oc2cc(CS(C)(=O)=O)c(-c3ccc(F)c(C(=O)OC(C)(C)C)c3)cc12. The van der Waals surface area contributed by atoms with Crippen LogP contribution in [0.2, 0.25) is 0 Å². The monoisotopic (exact) mass is 555 g/mol. The second-order valence-electron chi connectivity index (χ2n) is 10.2. The molecule has 0 aliphatic heterocycles. The van der Waals surface area contributed by atoms with E-state index in [4.69, 9.17) is 9.15 Å². The quantitative estimate of drug-likeness (QED) is 0.297. The molecule has 7 nitrogen and oxygen atoms in total. The number of carbonyl (C=O) groups is 2. The summed E-state index contributed by atoms with van der Waals surface area (Å²) in [6, 6.07) is 12.3. The molecule has 0 unspecified atom stereocenters. The minimum atomic E-state index is -3.54. The van der Waals surface area contributed by atoms with Crippen LogP contribution < -0.4 is 5.32 Å². The summed E-state index contributed by atoms with van der Waals surface area (Å²) in [4.78, 5) is 25.7. The maximum absolute atomic E-state index is 14.7. The summed E-state index contributed by atoms with van der Waals surface area (Å²) >= 11 is 0. The second-order valence-corrected chi connectivity index (χ2v) is 12.3. The Morgan fingerprint density at radius 1 is 0.974 bits per heavy atom. The van der Waals surface area contributed by atoms with Gasteiger partial charge in [-0.2, -0.15) is 0 Å². The predicted octanol–water partition coefficient (Wildman–Crippen LogP) is 5.90. The predicted molar refractivity (Wildman–Crippen MR) is 144 cm³/mol. The fourth-order valence-corrected chi connectivity index (χ4v) is 5.00. The first-order chi connectivity index (χ1) is 18.2. The van der Waals surface area contributed by atoms with Crippen molar-refractivity contribution in [2.75, 3.05) is 13.3 Å². The number of halogens is 2. The molecule has 1 N–H and O–H groups in total. The van der Waals surface area contributed by atoms with E-state index in [2.05, 4.69) is 5.32 Å². The number of esters is 1. The standard InChI is InChI=1S/C29H27F2NO6S/c1-29(2,3)38-28(34)21-12-17(8-11-23(21)31)20-14-22-24(13-18(20)15-39(5,35)36)37-26(25(22)27(33)32-4)16-6-9-19(30)10-7-16/h6-14H,15H2,1-5H3,(H,32,33). The number of hydrogen-bond acceptors (Lipinski definition) is 6. The molecule has 0 aliphatic rings. The number of hydrogen-bond donors (Lipinski definition) is 1. The molecular weight excluding hydrogens is 528 g/mol. The summed E-state index contributed by atoms with van der Waals surface area (Å²) in [7, 11) is -2.10. The molecular formula is C29H27F2NO6S.